The van der Waals surface area contributed by atoms with Gasteiger partial charge in [-0.2, -0.15) is 0 Å². The van der Waals surface area contributed by atoms with Gasteiger partial charge >= 0.3 is 0 Å². The van der Waals surface area contributed by atoms with Crippen LogP contribution >= 0.6 is 0 Å². The molecule has 0 unspecified atom stereocenters. The number of fused-ring (bicyclic) bond motifs is 1. The van der Waals surface area contributed by atoms with E-state index in [1.807, 2.05) is 23.1 Å². The number of carbonyl (C=O) groups is 1. The molecule has 0 bridgehead atoms. The lowest BCUT2D eigenvalue weighted by atomic mass is 10.2. The molecule has 112 valence electrons. The molecule has 1 amide bonds. The molecule has 5 nitrogen and oxygen atoms in total. The average molecular weight is 288 g/mol. The Bertz CT molecular complexity index is 642. The van der Waals surface area contributed by atoms with Crippen LogP contribution in [0.25, 0.3) is 11.0 Å². The highest BCUT2D eigenvalue weighted by Crippen LogP contribution is 2.29. The minimum absolute atomic E-state index is 0.0380. The fourth-order valence-corrected chi connectivity index (χ4v) is 2.73. The van der Waals surface area contributed by atoms with E-state index in [1.54, 1.807) is 13.2 Å². The van der Waals surface area contributed by atoms with Gasteiger partial charge in [0.15, 0.2) is 17.1 Å². The van der Waals surface area contributed by atoms with Gasteiger partial charge in [-0.1, -0.05) is 19.1 Å². The summed E-state index contributed by atoms with van der Waals surface area (Å²) in [5.74, 6) is 1.01. The summed E-state index contributed by atoms with van der Waals surface area (Å²) in [4.78, 5) is 16.7. The van der Waals surface area contributed by atoms with Crippen LogP contribution in [-0.4, -0.2) is 55.5 Å². The molecule has 0 aliphatic carbocycles. The van der Waals surface area contributed by atoms with Gasteiger partial charge in [0.05, 0.1) is 7.11 Å². The van der Waals surface area contributed by atoms with Crippen LogP contribution in [0.3, 0.4) is 0 Å². The number of piperazine rings is 1. The Morgan fingerprint density at radius 3 is 2.71 bits per heavy atom. The molecule has 0 radical (unpaired) electrons. The Morgan fingerprint density at radius 2 is 2.05 bits per heavy atom. The SMILES string of the molecule is CCN1CCN(C(=O)c2cc3cccc(OC)c3o2)CC1. The highest BCUT2D eigenvalue weighted by molar-refractivity contribution is 5.97. The van der Waals surface area contributed by atoms with Gasteiger partial charge < -0.3 is 19.0 Å². The zero-order valence-electron chi connectivity index (χ0n) is 12.5. The lowest BCUT2D eigenvalue weighted by Crippen LogP contribution is -2.48. The number of nitrogens with zero attached hydrogens (tertiary/aromatic N) is 2. The van der Waals surface area contributed by atoms with E-state index in [4.69, 9.17) is 9.15 Å². The molecular formula is C16H20N2O3. The van der Waals surface area contributed by atoms with E-state index in [-0.39, 0.29) is 5.91 Å². The van der Waals surface area contributed by atoms with Crippen molar-refractivity contribution >= 4 is 16.9 Å². The van der Waals surface area contributed by atoms with Crippen LogP contribution in [0.5, 0.6) is 5.75 Å². The van der Waals surface area contributed by atoms with Gasteiger partial charge in [0.25, 0.3) is 5.91 Å². The first kappa shape index (κ1) is 13.9. The van der Waals surface area contributed by atoms with E-state index in [9.17, 15) is 4.79 Å². The minimum atomic E-state index is -0.0380. The lowest BCUT2D eigenvalue weighted by molar-refractivity contribution is 0.0614. The van der Waals surface area contributed by atoms with Crippen LogP contribution in [0, 0.1) is 0 Å². The fraction of sp³-hybridized carbons (Fsp3) is 0.438. The first-order chi connectivity index (χ1) is 10.2. The van der Waals surface area contributed by atoms with Gasteiger partial charge in [-0.15, -0.1) is 0 Å². The third kappa shape index (κ3) is 2.61. The molecule has 0 saturated carbocycles. The molecule has 1 aliphatic heterocycles. The molecule has 2 aromatic rings. The van der Waals surface area contributed by atoms with E-state index < -0.39 is 0 Å². The molecular weight excluding hydrogens is 268 g/mol. The van der Waals surface area contributed by atoms with Gasteiger partial charge in [-0.25, -0.2) is 0 Å². The molecule has 0 N–H and O–H groups in total. The van der Waals surface area contributed by atoms with E-state index in [0.29, 0.717) is 17.1 Å². The number of para-hydroxylation sites is 1. The number of carbonyl (C=O) groups excluding carboxylic acids is 1. The quantitative estimate of drug-likeness (QED) is 0.869. The Balaban J connectivity index is 1.82. The molecule has 21 heavy (non-hydrogen) atoms. The Labute approximate surface area is 124 Å². The Kier molecular flexibility index (Phi) is 3.84. The summed E-state index contributed by atoms with van der Waals surface area (Å²) >= 11 is 0. The number of hydrogen-bond donors (Lipinski definition) is 0. The zero-order valence-corrected chi connectivity index (χ0v) is 12.5. The van der Waals surface area contributed by atoms with Crippen molar-refractivity contribution in [3.8, 4) is 5.75 Å². The lowest BCUT2D eigenvalue weighted by Gasteiger charge is -2.33. The van der Waals surface area contributed by atoms with E-state index >= 15 is 0 Å². The number of benzene rings is 1. The molecule has 1 aromatic carbocycles. The first-order valence-electron chi connectivity index (χ1n) is 7.31. The number of likely N-dealkylation sites (N-methyl/N-ethyl adjacent to an activating group) is 1. The van der Waals surface area contributed by atoms with Crippen molar-refractivity contribution in [2.75, 3.05) is 39.8 Å². The van der Waals surface area contributed by atoms with Crippen molar-refractivity contribution in [2.45, 2.75) is 6.92 Å². The number of hydrogen-bond acceptors (Lipinski definition) is 4. The van der Waals surface area contributed by atoms with Crippen molar-refractivity contribution < 1.29 is 13.9 Å². The third-order valence-corrected chi connectivity index (χ3v) is 4.05. The summed E-state index contributed by atoms with van der Waals surface area (Å²) in [5.41, 5.74) is 0.635. The van der Waals surface area contributed by atoms with Gasteiger partial charge in [0.1, 0.15) is 0 Å². The molecule has 2 heterocycles. The largest absolute Gasteiger partial charge is 0.493 e. The molecule has 5 heteroatoms. The second kappa shape index (κ2) is 5.77. The van der Waals surface area contributed by atoms with Gasteiger partial charge in [-0.3, -0.25) is 4.79 Å². The molecule has 0 spiro atoms. The summed E-state index contributed by atoms with van der Waals surface area (Å²) in [6, 6.07) is 7.45. The van der Waals surface area contributed by atoms with Gasteiger partial charge in [0.2, 0.25) is 0 Å². The first-order valence-corrected chi connectivity index (χ1v) is 7.31. The van der Waals surface area contributed by atoms with E-state index in [2.05, 4.69) is 11.8 Å². The maximum atomic E-state index is 12.5. The summed E-state index contributed by atoms with van der Waals surface area (Å²) in [5, 5.41) is 0.893. The Hall–Kier alpha value is -2.01. The third-order valence-electron chi connectivity index (χ3n) is 4.05. The smallest absolute Gasteiger partial charge is 0.289 e. The van der Waals surface area contributed by atoms with Crippen molar-refractivity contribution in [2.24, 2.45) is 0 Å². The zero-order chi connectivity index (χ0) is 14.8. The molecule has 1 fully saturated rings. The maximum absolute atomic E-state index is 12.5. The van der Waals surface area contributed by atoms with Gasteiger partial charge in [-0.05, 0) is 18.7 Å². The topological polar surface area (TPSA) is 45.9 Å². The molecule has 1 saturated heterocycles. The molecule has 0 atom stereocenters. The van der Waals surface area contributed by atoms with Crippen LogP contribution < -0.4 is 4.74 Å². The number of furan rings is 1. The standard InChI is InChI=1S/C16H20N2O3/c1-3-17-7-9-18(10-8-17)16(19)14-11-12-5-4-6-13(20-2)15(12)21-14/h4-6,11H,3,7-10H2,1-2H3. The summed E-state index contributed by atoms with van der Waals surface area (Å²) in [7, 11) is 1.60. The number of methoxy groups -OCH3 is 1. The van der Waals surface area contributed by atoms with Crippen LogP contribution in [0.2, 0.25) is 0 Å². The minimum Gasteiger partial charge on any atom is -0.493 e. The van der Waals surface area contributed by atoms with Crippen LogP contribution in [0.15, 0.2) is 28.7 Å². The summed E-state index contributed by atoms with van der Waals surface area (Å²) in [6.45, 7) is 6.52. The maximum Gasteiger partial charge on any atom is 0.289 e. The van der Waals surface area contributed by atoms with Crippen LogP contribution in [0.4, 0.5) is 0 Å². The van der Waals surface area contributed by atoms with Crippen molar-refractivity contribution in [1.29, 1.82) is 0 Å². The Morgan fingerprint density at radius 1 is 1.29 bits per heavy atom. The predicted molar refractivity (Wildman–Crippen MR) is 80.8 cm³/mol. The number of rotatable bonds is 3. The van der Waals surface area contributed by atoms with Crippen molar-refractivity contribution in [3.05, 3.63) is 30.0 Å². The van der Waals surface area contributed by atoms with Crippen molar-refractivity contribution in [3.63, 3.8) is 0 Å². The fourth-order valence-electron chi connectivity index (χ4n) is 2.73. The second-order valence-corrected chi connectivity index (χ2v) is 5.22. The summed E-state index contributed by atoms with van der Waals surface area (Å²) < 4.78 is 11.0. The highest BCUT2D eigenvalue weighted by Gasteiger charge is 2.24. The monoisotopic (exact) mass is 288 g/mol. The molecule has 1 aliphatic rings. The number of amides is 1. The molecule has 1 aromatic heterocycles. The summed E-state index contributed by atoms with van der Waals surface area (Å²) in [6.07, 6.45) is 0. The predicted octanol–water partition coefficient (Wildman–Crippen LogP) is 2.22. The van der Waals surface area contributed by atoms with E-state index in [0.717, 1.165) is 38.1 Å². The van der Waals surface area contributed by atoms with Crippen LogP contribution in [-0.2, 0) is 0 Å². The second-order valence-electron chi connectivity index (χ2n) is 5.22. The van der Waals surface area contributed by atoms with Crippen LogP contribution in [0.1, 0.15) is 17.5 Å². The van der Waals surface area contributed by atoms with E-state index in [1.165, 1.54) is 0 Å². The number of ether oxygens (including phenoxy) is 1. The average Bonchev–Trinajstić information content (AvgIpc) is 2.98. The van der Waals surface area contributed by atoms with Gasteiger partial charge in [0, 0.05) is 31.6 Å². The molecule has 3 rings (SSSR count). The highest BCUT2D eigenvalue weighted by atomic mass is 16.5. The normalized spacial score (nSPS) is 16.4. The van der Waals surface area contributed by atoms with Crippen molar-refractivity contribution in [1.82, 2.24) is 9.80 Å².